The lowest BCUT2D eigenvalue weighted by molar-refractivity contribution is -0.129. The van der Waals surface area contributed by atoms with Gasteiger partial charge in [-0.25, -0.2) is 0 Å². The predicted molar refractivity (Wildman–Crippen MR) is 53.5 cm³/mol. The van der Waals surface area contributed by atoms with Crippen molar-refractivity contribution in [3.05, 3.63) is 0 Å². The van der Waals surface area contributed by atoms with Gasteiger partial charge >= 0.3 is 0 Å². The molecule has 0 unspecified atom stereocenters. The summed E-state index contributed by atoms with van der Waals surface area (Å²) in [5.74, 6) is -1.56. The minimum absolute atomic E-state index is 0.253. The van der Waals surface area contributed by atoms with Gasteiger partial charge < -0.3 is 22.1 Å². The van der Waals surface area contributed by atoms with Gasteiger partial charge in [0.25, 0.3) is 0 Å². The van der Waals surface area contributed by atoms with Crippen LogP contribution in [0.1, 0.15) is 13.8 Å². The van der Waals surface area contributed by atoms with Crippen LogP contribution in [0.15, 0.2) is 0 Å². The molecule has 15 heavy (non-hydrogen) atoms. The molecule has 7 heteroatoms. The van der Waals surface area contributed by atoms with Gasteiger partial charge in [0.1, 0.15) is 6.04 Å². The van der Waals surface area contributed by atoms with E-state index in [0.717, 1.165) is 0 Å². The fraction of sp³-hybridized carbons (Fsp3) is 0.625. The first kappa shape index (κ1) is 13.4. The van der Waals surface area contributed by atoms with E-state index in [1.807, 2.05) is 0 Å². The number of hydrogen-bond donors (Lipinski definition) is 4. The highest BCUT2D eigenvalue weighted by atomic mass is 16.2. The van der Waals surface area contributed by atoms with Crippen molar-refractivity contribution in [2.24, 2.45) is 11.5 Å². The van der Waals surface area contributed by atoms with Crippen LogP contribution in [0.4, 0.5) is 0 Å². The molecule has 0 radical (unpaired) electrons. The maximum Gasteiger partial charge on any atom is 0.242 e. The molecule has 0 aliphatic carbocycles. The summed E-state index contributed by atoms with van der Waals surface area (Å²) in [5, 5.41) is 4.63. The topological polar surface area (TPSA) is 127 Å². The Hall–Kier alpha value is -1.63. The molecule has 0 aromatic rings. The first-order chi connectivity index (χ1) is 6.84. The molecule has 0 aromatic carbocycles. The first-order valence-electron chi connectivity index (χ1n) is 4.46. The average Bonchev–Trinajstić information content (AvgIpc) is 2.13. The van der Waals surface area contributed by atoms with Crippen LogP contribution < -0.4 is 22.1 Å². The molecular weight excluding hydrogens is 200 g/mol. The molecule has 0 saturated heterocycles. The maximum absolute atomic E-state index is 11.2. The standard InChI is InChI=1S/C8H16N4O3/c1-4(9)7(14)12-5(2)8(15)11-3-6(10)13/h4-5H,3,9H2,1-2H3,(H2,10,13)(H,11,15)(H,12,14)/t4-,5-/m0/s1. The van der Waals surface area contributed by atoms with Gasteiger partial charge in [-0.1, -0.05) is 0 Å². The zero-order valence-electron chi connectivity index (χ0n) is 8.74. The molecule has 0 spiro atoms. The Morgan fingerprint density at radius 2 is 1.73 bits per heavy atom. The van der Waals surface area contributed by atoms with Gasteiger partial charge in [-0.2, -0.15) is 0 Å². The fourth-order valence-electron chi connectivity index (χ4n) is 0.738. The second-order valence-corrected chi connectivity index (χ2v) is 3.20. The molecule has 6 N–H and O–H groups in total. The summed E-state index contributed by atoms with van der Waals surface area (Å²) < 4.78 is 0. The maximum atomic E-state index is 11.2. The molecule has 3 amide bonds. The van der Waals surface area contributed by atoms with Crippen molar-refractivity contribution < 1.29 is 14.4 Å². The van der Waals surface area contributed by atoms with Crippen molar-refractivity contribution in [1.82, 2.24) is 10.6 Å². The minimum Gasteiger partial charge on any atom is -0.368 e. The molecule has 0 rings (SSSR count). The van der Waals surface area contributed by atoms with E-state index in [4.69, 9.17) is 11.5 Å². The van der Waals surface area contributed by atoms with Crippen molar-refractivity contribution in [3.63, 3.8) is 0 Å². The zero-order chi connectivity index (χ0) is 12.0. The molecule has 0 aliphatic rings. The SMILES string of the molecule is C[C@H](N)C(=O)N[C@@H](C)C(=O)NCC(N)=O. The summed E-state index contributed by atoms with van der Waals surface area (Å²) in [6.07, 6.45) is 0. The van der Waals surface area contributed by atoms with Gasteiger partial charge in [-0.15, -0.1) is 0 Å². The lowest BCUT2D eigenvalue weighted by Crippen LogP contribution is -2.50. The smallest absolute Gasteiger partial charge is 0.242 e. The predicted octanol–water partition coefficient (Wildman–Crippen LogP) is -2.56. The quantitative estimate of drug-likeness (QED) is 0.403. The third-order valence-electron chi connectivity index (χ3n) is 1.60. The molecule has 0 aliphatic heterocycles. The van der Waals surface area contributed by atoms with Crippen molar-refractivity contribution in [2.45, 2.75) is 25.9 Å². The van der Waals surface area contributed by atoms with Crippen molar-refractivity contribution >= 4 is 17.7 Å². The monoisotopic (exact) mass is 216 g/mol. The van der Waals surface area contributed by atoms with E-state index in [9.17, 15) is 14.4 Å². The number of carbonyl (C=O) groups is 3. The Kier molecular flexibility index (Phi) is 5.32. The van der Waals surface area contributed by atoms with Crippen LogP contribution in [-0.4, -0.2) is 36.3 Å². The zero-order valence-corrected chi connectivity index (χ0v) is 8.74. The number of primary amides is 1. The third-order valence-corrected chi connectivity index (χ3v) is 1.60. The molecule has 7 nitrogen and oxygen atoms in total. The largest absolute Gasteiger partial charge is 0.368 e. The van der Waals surface area contributed by atoms with Gasteiger partial charge in [0.15, 0.2) is 0 Å². The summed E-state index contributed by atoms with van der Waals surface area (Å²) in [4.78, 5) is 32.7. The van der Waals surface area contributed by atoms with Crippen LogP contribution in [-0.2, 0) is 14.4 Å². The van der Waals surface area contributed by atoms with E-state index in [1.54, 1.807) is 0 Å². The molecule has 0 heterocycles. The van der Waals surface area contributed by atoms with E-state index in [0.29, 0.717) is 0 Å². The Labute approximate surface area is 87.6 Å². The van der Waals surface area contributed by atoms with Gasteiger partial charge in [0, 0.05) is 0 Å². The van der Waals surface area contributed by atoms with Crippen molar-refractivity contribution in [3.8, 4) is 0 Å². The van der Waals surface area contributed by atoms with Crippen LogP contribution in [0.25, 0.3) is 0 Å². The lowest BCUT2D eigenvalue weighted by atomic mass is 10.2. The van der Waals surface area contributed by atoms with Crippen LogP contribution in [0.2, 0.25) is 0 Å². The fourth-order valence-corrected chi connectivity index (χ4v) is 0.738. The summed E-state index contributed by atoms with van der Waals surface area (Å²) in [6, 6.07) is -1.43. The Bertz CT molecular complexity index is 265. The molecule has 0 fully saturated rings. The minimum atomic E-state index is -0.747. The number of nitrogens with two attached hydrogens (primary N) is 2. The highest BCUT2D eigenvalue weighted by Gasteiger charge is 2.17. The highest BCUT2D eigenvalue weighted by molar-refractivity contribution is 5.91. The number of hydrogen-bond acceptors (Lipinski definition) is 4. The third kappa shape index (κ3) is 5.63. The number of amides is 3. The lowest BCUT2D eigenvalue weighted by Gasteiger charge is -2.14. The summed E-state index contributed by atoms with van der Waals surface area (Å²) in [5.41, 5.74) is 10.1. The molecule has 2 atom stereocenters. The summed E-state index contributed by atoms with van der Waals surface area (Å²) >= 11 is 0. The van der Waals surface area contributed by atoms with Crippen LogP contribution >= 0.6 is 0 Å². The summed E-state index contributed by atoms with van der Waals surface area (Å²) in [6.45, 7) is 2.73. The molecule has 0 aromatic heterocycles. The van der Waals surface area contributed by atoms with E-state index >= 15 is 0 Å². The van der Waals surface area contributed by atoms with Gasteiger partial charge in [0.05, 0.1) is 12.6 Å². The Morgan fingerprint density at radius 3 is 2.13 bits per heavy atom. The molecule has 0 saturated carbocycles. The first-order valence-corrected chi connectivity index (χ1v) is 4.46. The Morgan fingerprint density at radius 1 is 1.20 bits per heavy atom. The number of carbonyl (C=O) groups excluding carboxylic acids is 3. The summed E-state index contributed by atoms with van der Waals surface area (Å²) in [7, 11) is 0. The number of nitrogens with one attached hydrogen (secondary N) is 2. The Balaban J connectivity index is 3.99. The second-order valence-electron chi connectivity index (χ2n) is 3.20. The number of rotatable bonds is 5. The van der Waals surface area contributed by atoms with Crippen LogP contribution in [0.5, 0.6) is 0 Å². The normalized spacial score (nSPS) is 13.8. The van der Waals surface area contributed by atoms with Gasteiger partial charge in [-0.3, -0.25) is 14.4 Å². The second kappa shape index (κ2) is 5.97. The average molecular weight is 216 g/mol. The van der Waals surface area contributed by atoms with Gasteiger partial charge in [-0.05, 0) is 13.8 Å². The van der Waals surface area contributed by atoms with Crippen molar-refractivity contribution in [2.75, 3.05) is 6.54 Å². The molecule has 0 bridgehead atoms. The van der Waals surface area contributed by atoms with Crippen LogP contribution in [0.3, 0.4) is 0 Å². The van der Waals surface area contributed by atoms with E-state index in [-0.39, 0.29) is 6.54 Å². The van der Waals surface area contributed by atoms with Crippen molar-refractivity contribution in [1.29, 1.82) is 0 Å². The van der Waals surface area contributed by atoms with Gasteiger partial charge in [0.2, 0.25) is 17.7 Å². The molecule has 86 valence electrons. The van der Waals surface area contributed by atoms with Crippen LogP contribution in [0, 0.1) is 0 Å². The van der Waals surface area contributed by atoms with E-state index < -0.39 is 29.8 Å². The molecular formula is C8H16N4O3. The highest BCUT2D eigenvalue weighted by Crippen LogP contribution is 1.84. The van der Waals surface area contributed by atoms with E-state index in [1.165, 1.54) is 13.8 Å². The van der Waals surface area contributed by atoms with E-state index in [2.05, 4.69) is 10.6 Å².